The van der Waals surface area contributed by atoms with Crippen LogP contribution < -0.4 is 16.0 Å². The van der Waals surface area contributed by atoms with Crippen LogP contribution >= 0.6 is 27.5 Å². The van der Waals surface area contributed by atoms with Crippen LogP contribution in [0, 0.1) is 13.8 Å². The van der Waals surface area contributed by atoms with Crippen molar-refractivity contribution in [2.45, 2.75) is 13.8 Å². The van der Waals surface area contributed by atoms with Crippen LogP contribution in [0.15, 0.2) is 45.9 Å². The summed E-state index contributed by atoms with van der Waals surface area (Å²) in [5, 5.41) is 3.84. The molecule has 0 saturated carbocycles. The number of hydrogen-bond donors (Lipinski definition) is 2. The maximum absolute atomic E-state index is 6.18. The predicted molar refractivity (Wildman–Crippen MR) is 104 cm³/mol. The Morgan fingerprint density at radius 2 is 2.00 bits per heavy atom. The molecule has 6 heteroatoms. The zero-order chi connectivity index (χ0) is 17.0. The molecule has 0 aliphatic carbocycles. The molecule has 122 valence electrons. The highest BCUT2D eigenvalue weighted by Gasteiger charge is 2.08. The molecule has 0 amide bonds. The maximum atomic E-state index is 6.18. The molecule has 0 unspecified atom stereocenters. The Morgan fingerprint density at radius 3 is 2.65 bits per heavy atom. The average molecular weight is 396 g/mol. The average Bonchev–Trinajstić information content (AvgIpc) is 2.48. The first-order valence-corrected chi connectivity index (χ1v) is 8.35. The van der Waals surface area contributed by atoms with Gasteiger partial charge in [0.15, 0.2) is 5.96 Å². The maximum Gasteiger partial charge on any atom is 0.197 e. The number of benzene rings is 2. The summed E-state index contributed by atoms with van der Waals surface area (Å²) in [5.74, 6) is 0.436. The zero-order valence-corrected chi connectivity index (χ0v) is 15.7. The van der Waals surface area contributed by atoms with E-state index in [0.29, 0.717) is 17.7 Å². The monoisotopic (exact) mass is 394 g/mol. The van der Waals surface area contributed by atoms with Gasteiger partial charge in [-0.1, -0.05) is 33.6 Å². The lowest BCUT2D eigenvalue weighted by Gasteiger charge is -2.20. The van der Waals surface area contributed by atoms with Gasteiger partial charge in [-0.3, -0.25) is 0 Å². The van der Waals surface area contributed by atoms with Crippen LogP contribution in [0.4, 0.5) is 11.4 Å². The lowest BCUT2D eigenvalue weighted by Crippen LogP contribution is -2.35. The second-order valence-electron chi connectivity index (χ2n) is 5.32. The quantitative estimate of drug-likeness (QED) is 0.590. The molecule has 0 aliphatic rings. The molecule has 0 saturated heterocycles. The third kappa shape index (κ3) is 4.62. The van der Waals surface area contributed by atoms with Gasteiger partial charge in [0.05, 0.1) is 10.7 Å². The fourth-order valence-electron chi connectivity index (χ4n) is 2.19. The minimum Gasteiger partial charge on any atom is -0.369 e. The van der Waals surface area contributed by atoms with Crippen LogP contribution in [-0.2, 0) is 0 Å². The predicted octanol–water partition coefficient (Wildman–Crippen LogP) is 4.54. The van der Waals surface area contributed by atoms with Crippen LogP contribution in [0.2, 0.25) is 5.02 Å². The van der Waals surface area contributed by atoms with Gasteiger partial charge in [0.25, 0.3) is 0 Å². The number of guanidine groups is 1. The van der Waals surface area contributed by atoms with Crippen LogP contribution in [0.3, 0.4) is 0 Å². The van der Waals surface area contributed by atoms with Crippen LogP contribution in [-0.4, -0.2) is 19.7 Å². The minimum atomic E-state index is 0.356. The molecule has 23 heavy (non-hydrogen) atoms. The second kappa shape index (κ2) is 7.70. The fraction of sp³-hybridized carbons (Fsp3) is 0.235. The number of hydrogen-bond acceptors (Lipinski definition) is 2. The molecular formula is C17H20BrClN4. The molecule has 0 aliphatic heterocycles. The lowest BCUT2D eigenvalue weighted by atomic mass is 10.2. The first-order chi connectivity index (χ1) is 10.9. The zero-order valence-electron chi connectivity index (χ0n) is 13.4. The van der Waals surface area contributed by atoms with E-state index >= 15 is 0 Å². The molecule has 0 fully saturated rings. The van der Waals surface area contributed by atoms with E-state index < -0.39 is 0 Å². The summed E-state index contributed by atoms with van der Waals surface area (Å²) in [6, 6.07) is 11.9. The molecule has 0 atom stereocenters. The van der Waals surface area contributed by atoms with Crippen molar-refractivity contribution in [1.29, 1.82) is 0 Å². The number of nitrogens with zero attached hydrogens (tertiary/aromatic N) is 2. The summed E-state index contributed by atoms with van der Waals surface area (Å²) >= 11 is 9.64. The van der Waals surface area contributed by atoms with E-state index in [9.17, 15) is 0 Å². The first-order valence-electron chi connectivity index (χ1n) is 7.18. The van der Waals surface area contributed by atoms with E-state index in [2.05, 4.69) is 26.2 Å². The molecule has 2 rings (SSSR count). The Hall–Kier alpha value is -1.72. The van der Waals surface area contributed by atoms with E-state index in [-0.39, 0.29) is 0 Å². The number of rotatable bonds is 4. The van der Waals surface area contributed by atoms with E-state index in [1.54, 1.807) is 0 Å². The van der Waals surface area contributed by atoms with Gasteiger partial charge >= 0.3 is 0 Å². The van der Waals surface area contributed by atoms with E-state index in [0.717, 1.165) is 27.0 Å². The third-order valence-corrected chi connectivity index (χ3v) is 4.30. The topological polar surface area (TPSA) is 53.6 Å². The molecular weight excluding hydrogens is 376 g/mol. The summed E-state index contributed by atoms with van der Waals surface area (Å²) in [6.07, 6.45) is 0. The highest BCUT2D eigenvalue weighted by molar-refractivity contribution is 9.10. The van der Waals surface area contributed by atoms with E-state index in [1.165, 1.54) is 0 Å². The van der Waals surface area contributed by atoms with E-state index in [1.807, 2.05) is 62.2 Å². The van der Waals surface area contributed by atoms with Gasteiger partial charge < -0.3 is 16.0 Å². The van der Waals surface area contributed by atoms with Crippen molar-refractivity contribution in [3.05, 3.63) is 57.0 Å². The number of anilines is 2. The Labute approximate surface area is 150 Å². The first kappa shape index (κ1) is 17.6. The molecule has 0 heterocycles. The van der Waals surface area contributed by atoms with Gasteiger partial charge in [-0.2, -0.15) is 0 Å². The second-order valence-corrected chi connectivity index (χ2v) is 6.65. The molecule has 2 aromatic rings. The summed E-state index contributed by atoms with van der Waals surface area (Å²) in [5.41, 5.74) is 10.2. The number of aryl methyl sites for hydroxylation is 2. The van der Waals surface area contributed by atoms with Crippen LogP contribution in [0.5, 0.6) is 0 Å². The Bertz CT molecular complexity index is 731. The minimum absolute atomic E-state index is 0.356. The van der Waals surface area contributed by atoms with Crippen molar-refractivity contribution in [1.82, 2.24) is 0 Å². The lowest BCUT2D eigenvalue weighted by molar-refractivity contribution is 1.09. The smallest absolute Gasteiger partial charge is 0.197 e. The van der Waals surface area contributed by atoms with Gasteiger partial charge in [-0.15, -0.1) is 0 Å². The van der Waals surface area contributed by atoms with Gasteiger partial charge in [0, 0.05) is 17.2 Å². The molecule has 4 nitrogen and oxygen atoms in total. The van der Waals surface area contributed by atoms with Crippen LogP contribution in [0.25, 0.3) is 0 Å². The third-order valence-electron chi connectivity index (χ3n) is 3.50. The summed E-state index contributed by atoms with van der Waals surface area (Å²) < 4.78 is 1.04. The Morgan fingerprint density at radius 1 is 1.26 bits per heavy atom. The fourth-order valence-corrected chi connectivity index (χ4v) is 2.97. The number of aliphatic imine (C=N–C) groups is 1. The number of halogens is 2. The number of nitrogens with two attached hydrogens (primary N) is 1. The van der Waals surface area contributed by atoms with Crippen molar-refractivity contribution in [3.8, 4) is 0 Å². The summed E-state index contributed by atoms with van der Waals surface area (Å²) in [6.45, 7) is 4.39. The van der Waals surface area contributed by atoms with Gasteiger partial charge in [0.1, 0.15) is 6.67 Å². The standard InChI is InChI=1S/C17H20BrClN4/c1-11-4-6-15(14(19)8-11)21-10-22-17(20)23(3)16-7-5-13(18)9-12(16)2/h4-9,21H,10H2,1-3H3,(H2,20,22). The van der Waals surface area contributed by atoms with Crippen molar-refractivity contribution in [2.75, 3.05) is 23.9 Å². The van der Waals surface area contributed by atoms with E-state index in [4.69, 9.17) is 17.3 Å². The number of nitrogens with one attached hydrogen (secondary N) is 1. The molecule has 0 spiro atoms. The highest BCUT2D eigenvalue weighted by atomic mass is 79.9. The highest BCUT2D eigenvalue weighted by Crippen LogP contribution is 2.23. The molecule has 3 N–H and O–H groups in total. The Kier molecular flexibility index (Phi) is 5.91. The van der Waals surface area contributed by atoms with Crippen molar-refractivity contribution >= 4 is 44.9 Å². The molecule has 0 bridgehead atoms. The van der Waals surface area contributed by atoms with Crippen molar-refractivity contribution in [3.63, 3.8) is 0 Å². The molecule has 2 aromatic carbocycles. The largest absolute Gasteiger partial charge is 0.369 e. The molecule has 0 radical (unpaired) electrons. The van der Waals surface area contributed by atoms with Crippen molar-refractivity contribution in [2.24, 2.45) is 10.7 Å². The van der Waals surface area contributed by atoms with Crippen LogP contribution in [0.1, 0.15) is 11.1 Å². The Balaban J connectivity index is 2.04. The van der Waals surface area contributed by atoms with Gasteiger partial charge in [-0.25, -0.2) is 4.99 Å². The summed E-state index contributed by atoms with van der Waals surface area (Å²) in [7, 11) is 1.90. The molecule has 0 aromatic heterocycles. The van der Waals surface area contributed by atoms with Gasteiger partial charge in [0.2, 0.25) is 0 Å². The summed E-state index contributed by atoms with van der Waals surface area (Å²) in [4.78, 5) is 6.22. The van der Waals surface area contributed by atoms with Crippen molar-refractivity contribution < 1.29 is 0 Å². The normalized spacial score (nSPS) is 11.4. The van der Waals surface area contributed by atoms with Gasteiger partial charge in [-0.05, 0) is 55.3 Å². The SMILES string of the molecule is Cc1ccc(NCN=C(N)N(C)c2ccc(Br)cc2C)c(Cl)c1.